The van der Waals surface area contributed by atoms with Crippen molar-refractivity contribution in [2.45, 2.75) is 26.4 Å². The van der Waals surface area contributed by atoms with Crippen molar-refractivity contribution < 1.29 is 9.53 Å². The van der Waals surface area contributed by atoms with Crippen LogP contribution in [0.25, 0.3) is 0 Å². The van der Waals surface area contributed by atoms with Gasteiger partial charge in [0.2, 0.25) is 5.91 Å². The number of carbonyl (C=O) groups is 1. The quantitative estimate of drug-likeness (QED) is 0.706. The fourth-order valence-corrected chi connectivity index (χ4v) is 2.23. The maximum Gasteiger partial charge on any atom is 0.224 e. The molecule has 5 heteroatoms. The van der Waals surface area contributed by atoms with E-state index >= 15 is 0 Å². The van der Waals surface area contributed by atoms with Gasteiger partial charge in [-0.25, -0.2) is 0 Å². The molecular weight excluding hydrogens is 230 g/mol. The van der Waals surface area contributed by atoms with Gasteiger partial charge in [-0.05, 0) is 19.4 Å². The molecule has 0 radical (unpaired) electrons. The van der Waals surface area contributed by atoms with E-state index in [1.807, 2.05) is 0 Å². The highest BCUT2D eigenvalue weighted by molar-refractivity contribution is 5.78. The Morgan fingerprint density at radius 1 is 1.56 bits per heavy atom. The topological polar surface area (TPSA) is 67.6 Å². The number of hydrogen-bond donors (Lipinski definition) is 2. The zero-order valence-electron chi connectivity index (χ0n) is 11.8. The van der Waals surface area contributed by atoms with Gasteiger partial charge in [0, 0.05) is 26.2 Å². The van der Waals surface area contributed by atoms with E-state index in [2.05, 4.69) is 31.1 Å². The van der Waals surface area contributed by atoms with Gasteiger partial charge in [0.25, 0.3) is 0 Å². The standard InChI is InChI=1S/C13H27N3O2/c1-10(2)6-11(7-14)13(17)15-8-12-9-16(3)4-5-18-12/h10-12H,4-9,14H2,1-3H3,(H,15,17). The predicted molar refractivity (Wildman–Crippen MR) is 72.2 cm³/mol. The Balaban J connectivity index is 2.30. The zero-order valence-corrected chi connectivity index (χ0v) is 11.8. The van der Waals surface area contributed by atoms with Gasteiger partial charge < -0.3 is 20.7 Å². The zero-order chi connectivity index (χ0) is 13.5. The molecule has 0 aromatic carbocycles. The Morgan fingerprint density at radius 2 is 2.28 bits per heavy atom. The summed E-state index contributed by atoms with van der Waals surface area (Å²) >= 11 is 0. The third-order valence-corrected chi connectivity index (χ3v) is 3.26. The summed E-state index contributed by atoms with van der Waals surface area (Å²) < 4.78 is 5.61. The molecule has 0 spiro atoms. The second-order valence-electron chi connectivity index (χ2n) is 5.56. The Morgan fingerprint density at radius 3 is 2.83 bits per heavy atom. The first-order valence-electron chi connectivity index (χ1n) is 6.80. The number of likely N-dealkylation sites (N-methyl/N-ethyl adjacent to an activating group) is 1. The van der Waals surface area contributed by atoms with Crippen LogP contribution >= 0.6 is 0 Å². The van der Waals surface area contributed by atoms with E-state index in [9.17, 15) is 4.79 Å². The van der Waals surface area contributed by atoms with Gasteiger partial charge in [0.1, 0.15) is 0 Å². The molecule has 2 atom stereocenters. The second-order valence-corrected chi connectivity index (χ2v) is 5.56. The van der Waals surface area contributed by atoms with E-state index in [1.165, 1.54) is 0 Å². The molecule has 18 heavy (non-hydrogen) atoms. The van der Waals surface area contributed by atoms with Crippen LogP contribution < -0.4 is 11.1 Å². The molecule has 5 nitrogen and oxygen atoms in total. The summed E-state index contributed by atoms with van der Waals surface area (Å²) in [6.45, 7) is 7.78. The highest BCUT2D eigenvalue weighted by atomic mass is 16.5. The Hall–Kier alpha value is -0.650. The lowest BCUT2D eigenvalue weighted by Gasteiger charge is -2.30. The van der Waals surface area contributed by atoms with Crippen molar-refractivity contribution in [3.05, 3.63) is 0 Å². The van der Waals surface area contributed by atoms with Gasteiger partial charge in [-0.15, -0.1) is 0 Å². The minimum absolute atomic E-state index is 0.0584. The minimum Gasteiger partial charge on any atom is -0.374 e. The molecule has 1 rings (SSSR count). The van der Waals surface area contributed by atoms with E-state index in [4.69, 9.17) is 10.5 Å². The normalized spacial score (nSPS) is 23.1. The van der Waals surface area contributed by atoms with Crippen molar-refractivity contribution in [2.75, 3.05) is 39.8 Å². The average molecular weight is 257 g/mol. The van der Waals surface area contributed by atoms with Gasteiger partial charge in [-0.3, -0.25) is 4.79 Å². The summed E-state index contributed by atoms with van der Waals surface area (Å²) in [6.07, 6.45) is 0.943. The molecule has 1 saturated heterocycles. The van der Waals surface area contributed by atoms with Crippen LogP contribution in [0, 0.1) is 11.8 Å². The Labute approximate surface area is 110 Å². The molecule has 1 heterocycles. The number of nitrogens with zero attached hydrogens (tertiary/aromatic N) is 1. The number of ether oxygens (including phenoxy) is 1. The summed E-state index contributed by atoms with van der Waals surface area (Å²) in [5, 5.41) is 2.96. The van der Waals surface area contributed by atoms with Crippen LogP contribution in [0.15, 0.2) is 0 Å². The van der Waals surface area contributed by atoms with E-state index in [0.717, 1.165) is 26.1 Å². The molecule has 3 N–H and O–H groups in total. The van der Waals surface area contributed by atoms with Gasteiger partial charge >= 0.3 is 0 Å². The van der Waals surface area contributed by atoms with Crippen molar-refractivity contribution in [3.8, 4) is 0 Å². The second kappa shape index (κ2) is 7.71. The Kier molecular flexibility index (Phi) is 6.60. The van der Waals surface area contributed by atoms with Crippen LogP contribution in [-0.4, -0.2) is 56.7 Å². The molecule has 1 aliphatic rings. The van der Waals surface area contributed by atoms with Crippen LogP contribution in [0.4, 0.5) is 0 Å². The lowest BCUT2D eigenvalue weighted by molar-refractivity contribution is -0.126. The molecule has 2 unspecified atom stereocenters. The SMILES string of the molecule is CC(C)CC(CN)C(=O)NCC1CN(C)CCO1. The third-order valence-electron chi connectivity index (χ3n) is 3.26. The molecule has 0 saturated carbocycles. The van der Waals surface area contributed by atoms with Crippen molar-refractivity contribution >= 4 is 5.91 Å². The molecular formula is C13H27N3O2. The molecule has 0 aromatic heterocycles. The number of nitrogens with two attached hydrogens (primary N) is 1. The van der Waals surface area contributed by atoms with E-state index < -0.39 is 0 Å². The fourth-order valence-electron chi connectivity index (χ4n) is 2.23. The maximum absolute atomic E-state index is 12.0. The summed E-state index contributed by atoms with van der Waals surface area (Å²) in [7, 11) is 2.07. The van der Waals surface area contributed by atoms with E-state index in [1.54, 1.807) is 0 Å². The number of rotatable bonds is 6. The summed E-state index contributed by atoms with van der Waals surface area (Å²) in [5.74, 6) is 0.468. The lowest BCUT2D eigenvalue weighted by Crippen LogP contribution is -2.47. The summed E-state index contributed by atoms with van der Waals surface area (Å²) in [6, 6.07) is 0. The number of hydrogen-bond acceptors (Lipinski definition) is 4. The van der Waals surface area contributed by atoms with Crippen molar-refractivity contribution in [3.63, 3.8) is 0 Å². The van der Waals surface area contributed by atoms with Gasteiger partial charge in [-0.1, -0.05) is 13.8 Å². The van der Waals surface area contributed by atoms with Crippen LogP contribution in [0.2, 0.25) is 0 Å². The molecule has 0 bridgehead atoms. The van der Waals surface area contributed by atoms with Gasteiger partial charge in [0.15, 0.2) is 0 Å². The van der Waals surface area contributed by atoms with Crippen LogP contribution in [0.5, 0.6) is 0 Å². The van der Waals surface area contributed by atoms with Crippen molar-refractivity contribution in [1.29, 1.82) is 0 Å². The first-order chi connectivity index (χ1) is 8.52. The van der Waals surface area contributed by atoms with Gasteiger partial charge in [-0.2, -0.15) is 0 Å². The fraction of sp³-hybridized carbons (Fsp3) is 0.923. The highest BCUT2D eigenvalue weighted by Gasteiger charge is 2.21. The van der Waals surface area contributed by atoms with Crippen molar-refractivity contribution in [1.82, 2.24) is 10.2 Å². The van der Waals surface area contributed by atoms with Crippen molar-refractivity contribution in [2.24, 2.45) is 17.6 Å². The predicted octanol–water partition coefficient (Wildman–Crippen LogP) is 0.0542. The first-order valence-corrected chi connectivity index (χ1v) is 6.80. The molecule has 1 amide bonds. The molecule has 0 aromatic rings. The maximum atomic E-state index is 12.0. The molecule has 0 aliphatic carbocycles. The monoisotopic (exact) mass is 257 g/mol. The highest BCUT2D eigenvalue weighted by Crippen LogP contribution is 2.10. The number of carbonyl (C=O) groups excluding carboxylic acids is 1. The molecule has 1 aliphatic heterocycles. The van der Waals surface area contributed by atoms with E-state index in [-0.39, 0.29) is 17.9 Å². The molecule has 1 fully saturated rings. The smallest absolute Gasteiger partial charge is 0.224 e. The number of nitrogens with one attached hydrogen (secondary N) is 1. The minimum atomic E-state index is -0.0775. The van der Waals surface area contributed by atoms with Crippen LogP contribution in [0.3, 0.4) is 0 Å². The van der Waals surface area contributed by atoms with Gasteiger partial charge in [0.05, 0.1) is 18.6 Å². The average Bonchev–Trinajstić information content (AvgIpc) is 2.33. The van der Waals surface area contributed by atoms with Crippen LogP contribution in [-0.2, 0) is 9.53 Å². The van der Waals surface area contributed by atoms with E-state index in [0.29, 0.717) is 19.0 Å². The summed E-state index contributed by atoms with van der Waals surface area (Å²) in [4.78, 5) is 14.2. The largest absolute Gasteiger partial charge is 0.374 e. The number of amides is 1. The van der Waals surface area contributed by atoms with Crippen LogP contribution in [0.1, 0.15) is 20.3 Å². The molecule has 106 valence electrons. The lowest BCUT2D eigenvalue weighted by atomic mass is 9.96. The Bertz CT molecular complexity index is 259. The third kappa shape index (κ3) is 5.33. The first kappa shape index (κ1) is 15.4. The number of morpholine rings is 1. The summed E-state index contributed by atoms with van der Waals surface area (Å²) in [5.41, 5.74) is 5.65.